The molecule has 0 heterocycles. The van der Waals surface area contributed by atoms with Gasteiger partial charge in [-0.15, -0.1) is 0 Å². The lowest BCUT2D eigenvalue weighted by atomic mass is 10.0. The Hall–Kier alpha value is -4.70. The van der Waals surface area contributed by atoms with Gasteiger partial charge < -0.3 is 15.0 Å². The molecule has 2 N–H and O–H groups in total. The molecule has 4 aromatic rings. The smallest absolute Gasteiger partial charge is 0.261 e. The second-order valence-corrected chi connectivity index (χ2v) is 11.6. The number of rotatable bonds is 14. The summed E-state index contributed by atoms with van der Waals surface area (Å²) in [6, 6.07) is 28.7. The van der Waals surface area contributed by atoms with Crippen LogP contribution in [-0.4, -0.2) is 44.3 Å². The molecule has 2 amide bonds. The van der Waals surface area contributed by atoms with Crippen LogP contribution >= 0.6 is 0 Å². The molecule has 0 aliphatic heterocycles. The van der Waals surface area contributed by atoms with Crippen LogP contribution in [0.15, 0.2) is 114 Å². The van der Waals surface area contributed by atoms with Crippen molar-refractivity contribution in [1.82, 2.24) is 10.2 Å². The van der Waals surface area contributed by atoms with Gasteiger partial charge in [0.05, 0.1) is 4.90 Å². The highest BCUT2D eigenvalue weighted by Gasteiger charge is 2.30. The number of ether oxygens (including phenoxy) is 1. The fourth-order valence-corrected chi connectivity index (χ4v) is 5.43. The maximum atomic E-state index is 13.7. The zero-order chi connectivity index (χ0) is 30.7. The van der Waals surface area contributed by atoms with E-state index < -0.39 is 27.8 Å². The Morgan fingerprint density at radius 2 is 1.44 bits per heavy atom. The monoisotopic (exact) mass is 603 g/mol. The molecule has 4 rings (SSSR count). The molecule has 0 saturated heterocycles. The highest BCUT2D eigenvalue weighted by atomic mass is 32.2. The number of hydrogen-bond donors (Lipinski definition) is 2. The van der Waals surface area contributed by atoms with Crippen LogP contribution in [0.5, 0.6) is 5.75 Å². The number of halogens is 1. The first-order chi connectivity index (χ1) is 20.7. The van der Waals surface area contributed by atoms with E-state index in [0.29, 0.717) is 13.0 Å². The Kier molecular flexibility index (Phi) is 10.9. The molecular formula is C33H34FN3O5S. The lowest BCUT2D eigenvalue weighted by Crippen LogP contribution is -2.51. The number of carbonyl (C=O) groups excluding carboxylic acids is 2. The number of amides is 2. The summed E-state index contributed by atoms with van der Waals surface area (Å²) in [6.45, 7) is 2.28. The minimum Gasteiger partial charge on any atom is -0.484 e. The van der Waals surface area contributed by atoms with Crippen LogP contribution in [0.4, 0.5) is 10.1 Å². The molecule has 0 aliphatic carbocycles. The van der Waals surface area contributed by atoms with E-state index >= 15 is 0 Å². The summed E-state index contributed by atoms with van der Waals surface area (Å²) in [5.41, 5.74) is 2.00. The quantitative estimate of drug-likeness (QED) is 0.207. The fraction of sp³-hybridized carbons (Fsp3) is 0.212. The van der Waals surface area contributed by atoms with E-state index in [2.05, 4.69) is 10.0 Å². The predicted molar refractivity (Wildman–Crippen MR) is 163 cm³/mol. The number of nitrogens with one attached hydrogen (secondary N) is 2. The summed E-state index contributed by atoms with van der Waals surface area (Å²) in [5.74, 6) is -0.845. The van der Waals surface area contributed by atoms with E-state index in [1.807, 2.05) is 67.6 Å². The van der Waals surface area contributed by atoms with Gasteiger partial charge in [0.2, 0.25) is 5.91 Å². The molecule has 224 valence electrons. The van der Waals surface area contributed by atoms with Crippen LogP contribution in [0.2, 0.25) is 0 Å². The van der Waals surface area contributed by atoms with Gasteiger partial charge in [0.25, 0.3) is 15.9 Å². The third-order valence-electron chi connectivity index (χ3n) is 6.61. The summed E-state index contributed by atoms with van der Waals surface area (Å²) in [5, 5.41) is 2.93. The van der Waals surface area contributed by atoms with E-state index in [1.165, 1.54) is 41.3 Å². The molecule has 0 radical (unpaired) electrons. The molecule has 1 unspecified atom stereocenters. The number of hydrogen-bond acceptors (Lipinski definition) is 5. The second kappa shape index (κ2) is 15.0. The van der Waals surface area contributed by atoms with E-state index in [9.17, 15) is 22.4 Å². The van der Waals surface area contributed by atoms with Crippen molar-refractivity contribution in [2.24, 2.45) is 0 Å². The first-order valence-electron chi connectivity index (χ1n) is 13.9. The van der Waals surface area contributed by atoms with Gasteiger partial charge >= 0.3 is 0 Å². The third-order valence-corrected chi connectivity index (χ3v) is 8.01. The molecule has 0 bridgehead atoms. The van der Waals surface area contributed by atoms with Gasteiger partial charge in [0.1, 0.15) is 17.6 Å². The van der Waals surface area contributed by atoms with Crippen LogP contribution in [0.3, 0.4) is 0 Å². The molecule has 0 saturated carbocycles. The minimum atomic E-state index is -3.93. The number of anilines is 1. The molecule has 0 aliphatic rings. The van der Waals surface area contributed by atoms with E-state index in [-0.39, 0.29) is 35.4 Å². The topological polar surface area (TPSA) is 105 Å². The summed E-state index contributed by atoms with van der Waals surface area (Å²) in [7, 11) is -3.93. The largest absolute Gasteiger partial charge is 0.484 e. The van der Waals surface area contributed by atoms with Gasteiger partial charge in [0.15, 0.2) is 6.61 Å². The summed E-state index contributed by atoms with van der Waals surface area (Å²) in [4.78, 5) is 28.5. The van der Waals surface area contributed by atoms with Gasteiger partial charge in [-0.25, -0.2) is 12.8 Å². The van der Waals surface area contributed by atoms with E-state index in [4.69, 9.17) is 4.74 Å². The first kappa shape index (κ1) is 31.2. The summed E-state index contributed by atoms with van der Waals surface area (Å²) in [6.07, 6.45) is 1.08. The molecule has 10 heteroatoms. The Labute approximate surface area is 251 Å². The normalized spacial score (nSPS) is 11.8. The Morgan fingerprint density at radius 1 is 0.837 bits per heavy atom. The zero-order valence-electron chi connectivity index (χ0n) is 23.8. The van der Waals surface area contributed by atoms with Crippen molar-refractivity contribution in [2.75, 3.05) is 17.9 Å². The standard InChI is InChI=1S/C33H34FN3O5S/c1-2-21-35-33(39)31(22-25-9-5-3-6-10-25)37(23-26-11-7-4-8-12-26)32(38)24-42-29-17-19-30(20-18-29)43(40,41)36-28-15-13-27(34)14-16-28/h3-20,31,36H,2,21-24H2,1H3,(H,35,39). The maximum Gasteiger partial charge on any atom is 0.261 e. The molecule has 43 heavy (non-hydrogen) atoms. The van der Waals surface area contributed by atoms with Crippen LogP contribution < -0.4 is 14.8 Å². The van der Waals surface area contributed by atoms with Crippen molar-refractivity contribution in [2.45, 2.75) is 37.2 Å². The van der Waals surface area contributed by atoms with Crippen LogP contribution in [0, 0.1) is 5.82 Å². The highest BCUT2D eigenvalue weighted by molar-refractivity contribution is 7.92. The van der Waals surface area contributed by atoms with Crippen LogP contribution in [0.25, 0.3) is 0 Å². The van der Waals surface area contributed by atoms with Crippen molar-refractivity contribution in [3.05, 3.63) is 126 Å². The second-order valence-electron chi connectivity index (χ2n) is 9.88. The number of sulfonamides is 1. The average molecular weight is 604 g/mol. The minimum absolute atomic E-state index is 0.0308. The number of carbonyl (C=O) groups is 2. The number of nitrogens with zero attached hydrogens (tertiary/aromatic N) is 1. The fourth-order valence-electron chi connectivity index (χ4n) is 4.38. The Bertz CT molecular complexity index is 1580. The molecule has 0 fully saturated rings. The van der Waals surface area contributed by atoms with Crippen LogP contribution in [-0.2, 0) is 32.6 Å². The third kappa shape index (κ3) is 9.14. The van der Waals surface area contributed by atoms with Gasteiger partial charge in [-0.3, -0.25) is 14.3 Å². The Morgan fingerprint density at radius 3 is 2.05 bits per heavy atom. The van der Waals surface area contributed by atoms with E-state index in [0.717, 1.165) is 29.7 Å². The molecule has 0 aromatic heterocycles. The highest BCUT2D eigenvalue weighted by Crippen LogP contribution is 2.21. The molecule has 8 nitrogen and oxygen atoms in total. The predicted octanol–water partition coefficient (Wildman–Crippen LogP) is 5.17. The van der Waals surface area contributed by atoms with E-state index in [1.54, 1.807) is 0 Å². The summed E-state index contributed by atoms with van der Waals surface area (Å²) >= 11 is 0. The first-order valence-corrected chi connectivity index (χ1v) is 15.4. The zero-order valence-corrected chi connectivity index (χ0v) is 24.6. The average Bonchev–Trinajstić information content (AvgIpc) is 3.02. The molecule has 4 aromatic carbocycles. The molecule has 1 atom stereocenters. The van der Waals surface area contributed by atoms with Gasteiger partial charge in [-0.05, 0) is 66.1 Å². The van der Waals surface area contributed by atoms with Crippen molar-refractivity contribution in [1.29, 1.82) is 0 Å². The lowest BCUT2D eigenvalue weighted by Gasteiger charge is -2.31. The SMILES string of the molecule is CCCNC(=O)C(Cc1ccccc1)N(Cc1ccccc1)C(=O)COc1ccc(S(=O)(=O)Nc2ccc(F)cc2)cc1. The van der Waals surface area contributed by atoms with Gasteiger partial charge in [0, 0.05) is 25.2 Å². The molecular weight excluding hydrogens is 569 g/mol. The van der Waals surface area contributed by atoms with Crippen molar-refractivity contribution in [3.8, 4) is 5.75 Å². The summed E-state index contributed by atoms with van der Waals surface area (Å²) < 4.78 is 46.8. The van der Waals surface area contributed by atoms with Crippen molar-refractivity contribution >= 4 is 27.5 Å². The maximum absolute atomic E-state index is 13.7. The Balaban J connectivity index is 1.50. The lowest BCUT2D eigenvalue weighted by molar-refractivity contribution is -0.142. The molecule has 0 spiro atoms. The van der Waals surface area contributed by atoms with Crippen molar-refractivity contribution in [3.63, 3.8) is 0 Å². The number of benzene rings is 4. The van der Waals surface area contributed by atoms with Crippen LogP contribution in [0.1, 0.15) is 24.5 Å². The van der Waals surface area contributed by atoms with Gasteiger partial charge in [-0.1, -0.05) is 67.6 Å². The van der Waals surface area contributed by atoms with Crippen molar-refractivity contribution < 1.29 is 27.1 Å². The van der Waals surface area contributed by atoms with Gasteiger partial charge in [-0.2, -0.15) is 0 Å².